The van der Waals surface area contributed by atoms with Crippen LogP contribution in [0.5, 0.6) is 0 Å². The Morgan fingerprint density at radius 2 is 2.15 bits per heavy atom. The van der Waals surface area contributed by atoms with Crippen molar-refractivity contribution in [3.8, 4) is 0 Å². The van der Waals surface area contributed by atoms with Gasteiger partial charge in [-0.3, -0.25) is 0 Å². The van der Waals surface area contributed by atoms with Gasteiger partial charge < -0.3 is 10.0 Å². The largest absolute Gasteiger partial charge is 0.391 e. The number of aliphatic hydroxyl groups excluding tert-OH is 1. The predicted molar refractivity (Wildman–Crippen MR) is 78.2 cm³/mol. The maximum Gasteiger partial charge on any atom is 0.214 e. The molecule has 0 saturated carbocycles. The maximum absolute atomic E-state index is 11.9. The zero-order chi connectivity index (χ0) is 14.9. The van der Waals surface area contributed by atoms with Gasteiger partial charge in [0.2, 0.25) is 10.0 Å². The monoisotopic (exact) mass is 299 g/mol. The molecule has 112 valence electrons. The summed E-state index contributed by atoms with van der Waals surface area (Å²) in [4.78, 5) is 6.27. The van der Waals surface area contributed by atoms with Crippen molar-refractivity contribution in [3.05, 3.63) is 23.9 Å². The Labute approximate surface area is 120 Å². The van der Waals surface area contributed by atoms with E-state index in [-0.39, 0.29) is 11.7 Å². The van der Waals surface area contributed by atoms with Crippen molar-refractivity contribution in [1.29, 1.82) is 0 Å². The van der Waals surface area contributed by atoms with Crippen molar-refractivity contribution >= 4 is 15.8 Å². The molecule has 1 aromatic heterocycles. The number of hydrogen-bond donors (Lipinski definition) is 1. The third-order valence-corrected chi connectivity index (χ3v) is 5.63. The smallest absolute Gasteiger partial charge is 0.214 e. The highest BCUT2D eigenvalue weighted by atomic mass is 32.2. The van der Waals surface area contributed by atoms with E-state index in [1.54, 1.807) is 6.20 Å². The molecule has 1 aromatic rings. The van der Waals surface area contributed by atoms with Crippen LogP contribution in [-0.4, -0.2) is 61.9 Å². The summed E-state index contributed by atoms with van der Waals surface area (Å²) < 4.78 is 25.0. The first-order valence-electron chi connectivity index (χ1n) is 6.56. The summed E-state index contributed by atoms with van der Waals surface area (Å²) >= 11 is 0. The van der Waals surface area contributed by atoms with Crippen molar-refractivity contribution < 1.29 is 13.5 Å². The highest BCUT2D eigenvalue weighted by Gasteiger charge is 2.36. The van der Waals surface area contributed by atoms with E-state index in [9.17, 15) is 13.5 Å². The first-order chi connectivity index (χ1) is 9.31. The van der Waals surface area contributed by atoms with Crippen molar-refractivity contribution in [3.63, 3.8) is 0 Å². The van der Waals surface area contributed by atoms with Gasteiger partial charge in [0.25, 0.3) is 0 Å². The lowest BCUT2D eigenvalue weighted by molar-refractivity contribution is 0.157. The topological polar surface area (TPSA) is 73.7 Å². The molecule has 0 unspecified atom stereocenters. The van der Waals surface area contributed by atoms with Crippen molar-refractivity contribution in [2.45, 2.75) is 13.0 Å². The summed E-state index contributed by atoms with van der Waals surface area (Å²) in [6.07, 6.45) is 1.06. The van der Waals surface area contributed by atoms with Crippen LogP contribution in [0.25, 0.3) is 0 Å². The molecule has 1 N–H and O–H groups in total. The van der Waals surface area contributed by atoms with E-state index in [0.29, 0.717) is 13.1 Å². The van der Waals surface area contributed by atoms with Gasteiger partial charge in [0.1, 0.15) is 5.82 Å². The first kappa shape index (κ1) is 15.2. The second-order valence-corrected chi connectivity index (χ2v) is 7.66. The van der Waals surface area contributed by atoms with Gasteiger partial charge in [-0.05, 0) is 18.6 Å². The summed E-state index contributed by atoms with van der Waals surface area (Å²) in [5, 5.41) is 10.1. The molecule has 7 heteroatoms. The highest BCUT2D eigenvalue weighted by molar-refractivity contribution is 7.89. The van der Waals surface area contributed by atoms with E-state index in [0.717, 1.165) is 11.4 Å². The lowest BCUT2D eigenvalue weighted by Gasteiger charge is -2.19. The molecule has 1 aliphatic heterocycles. The zero-order valence-electron chi connectivity index (χ0n) is 12.0. The average molecular weight is 299 g/mol. The molecule has 2 atom stereocenters. The van der Waals surface area contributed by atoms with Gasteiger partial charge in [-0.15, -0.1) is 0 Å². The van der Waals surface area contributed by atoms with Gasteiger partial charge in [0, 0.05) is 39.3 Å². The average Bonchev–Trinajstić information content (AvgIpc) is 2.70. The van der Waals surface area contributed by atoms with E-state index in [1.807, 2.05) is 24.0 Å². The van der Waals surface area contributed by atoms with Crippen LogP contribution in [0.2, 0.25) is 0 Å². The summed E-state index contributed by atoms with van der Waals surface area (Å²) in [6, 6.07) is 3.82. The Hall–Kier alpha value is -1.18. The minimum Gasteiger partial charge on any atom is -0.391 e. The molecular weight excluding hydrogens is 278 g/mol. The Morgan fingerprint density at radius 1 is 1.45 bits per heavy atom. The van der Waals surface area contributed by atoms with Crippen LogP contribution in [0, 0.1) is 12.8 Å². The first-order valence-corrected chi connectivity index (χ1v) is 8.17. The molecule has 20 heavy (non-hydrogen) atoms. The number of nitrogens with zero attached hydrogens (tertiary/aromatic N) is 3. The molecule has 2 rings (SSSR count). The van der Waals surface area contributed by atoms with E-state index in [1.165, 1.54) is 18.4 Å². The van der Waals surface area contributed by atoms with Gasteiger partial charge in [0.05, 0.1) is 11.9 Å². The van der Waals surface area contributed by atoms with Crippen LogP contribution in [-0.2, 0) is 10.0 Å². The van der Waals surface area contributed by atoms with Gasteiger partial charge in [-0.25, -0.2) is 17.7 Å². The summed E-state index contributed by atoms with van der Waals surface area (Å²) in [5.74, 6) is 0.490. The molecule has 0 aliphatic carbocycles. The lowest BCUT2D eigenvalue weighted by atomic mass is 10.1. The molecule has 1 aliphatic rings. The van der Waals surface area contributed by atoms with Crippen molar-refractivity contribution in [2.75, 3.05) is 37.8 Å². The molecule has 6 nitrogen and oxygen atoms in total. The number of β-amino-alcohol motifs (C(OH)–C–C–N with tert-alkyl or cyclic N) is 1. The molecule has 0 radical (unpaired) electrons. The van der Waals surface area contributed by atoms with Gasteiger partial charge in [0.15, 0.2) is 0 Å². The number of hydrogen-bond acceptors (Lipinski definition) is 5. The van der Waals surface area contributed by atoms with Crippen LogP contribution >= 0.6 is 0 Å². The fraction of sp³-hybridized carbons (Fsp3) is 0.615. The summed E-state index contributed by atoms with van der Waals surface area (Å²) in [7, 11) is -0.282. The number of anilines is 1. The van der Waals surface area contributed by atoms with E-state index >= 15 is 0 Å². The van der Waals surface area contributed by atoms with E-state index < -0.39 is 16.1 Å². The number of aliphatic hydroxyl groups is 1. The maximum atomic E-state index is 11.9. The third-order valence-electron chi connectivity index (χ3n) is 3.67. The van der Waals surface area contributed by atoms with Crippen LogP contribution in [0.4, 0.5) is 5.82 Å². The standard InChI is InChI=1S/C13H21N3O3S/c1-10-5-4-6-14-13(10)16-7-11(12(17)8-16)9-20(18,19)15(2)3/h4-6,11-12,17H,7-9H2,1-3H3/t11-,12+/m0/s1. The summed E-state index contributed by atoms with van der Waals surface area (Å²) in [6.45, 7) is 2.89. The van der Waals surface area contributed by atoms with Gasteiger partial charge >= 0.3 is 0 Å². The molecule has 2 heterocycles. The van der Waals surface area contributed by atoms with Crippen LogP contribution in [0.3, 0.4) is 0 Å². The normalized spacial score (nSPS) is 23.6. The molecule has 0 aromatic carbocycles. The lowest BCUT2D eigenvalue weighted by Crippen LogP contribution is -2.33. The molecule has 1 saturated heterocycles. The number of rotatable bonds is 4. The Balaban J connectivity index is 2.12. The summed E-state index contributed by atoms with van der Waals surface area (Å²) in [5.41, 5.74) is 1.02. The fourth-order valence-corrected chi connectivity index (χ4v) is 3.59. The van der Waals surface area contributed by atoms with Crippen LogP contribution in [0.1, 0.15) is 5.56 Å². The van der Waals surface area contributed by atoms with Gasteiger partial charge in [-0.2, -0.15) is 0 Å². The quantitative estimate of drug-likeness (QED) is 0.852. The Morgan fingerprint density at radius 3 is 2.75 bits per heavy atom. The number of sulfonamides is 1. The molecule has 0 bridgehead atoms. The Bertz CT molecular complexity index is 574. The number of pyridine rings is 1. The minimum absolute atomic E-state index is 0.0381. The highest BCUT2D eigenvalue weighted by Crippen LogP contribution is 2.26. The Kier molecular flexibility index (Phi) is 4.31. The van der Waals surface area contributed by atoms with Gasteiger partial charge in [-0.1, -0.05) is 6.07 Å². The molecule has 1 fully saturated rings. The SMILES string of the molecule is Cc1cccnc1N1C[C@@H](CS(=O)(=O)N(C)C)[C@H](O)C1. The third kappa shape index (κ3) is 3.11. The van der Waals surface area contributed by atoms with Crippen LogP contribution < -0.4 is 4.90 Å². The second-order valence-electron chi connectivity index (χ2n) is 5.44. The fourth-order valence-electron chi connectivity index (χ4n) is 2.42. The van der Waals surface area contributed by atoms with Crippen LogP contribution in [0.15, 0.2) is 18.3 Å². The molecular formula is C13H21N3O3S. The minimum atomic E-state index is -3.30. The van der Waals surface area contributed by atoms with E-state index in [2.05, 4.69) is 4.98 Å². The molecule has 0 amide bonds. The predicted octanol–water partition coefficient (Wildman–Crippen LogP) is 0.0785. The van der Waals surface area contributed by atoms with Crippen molar-refractivity contribution in [1.82, 2.24) is 9.29 Å². The number of aryl methyl sites for hydroxylation is 1. The van der Waals surface area contributed by atoms with E-state index in [4.69, 9.17) is 0 Å². The van der Waals surface area contributed by atoms with Crippen molar-refractivity contribution in [2.24, 2.45) is 5.92 Å². The number of aromatic nitrogens is 1. The zero-order valence-corrected chi connectivity index (χ0v) is 12.8. The molecule has 0 spiro atoms. The second kappa shape index (κ2) is 5.67.